The molecule has 160 valence electrons. The van der Waals surface area contributed by atoms with Crippen LogP contribution >= 0.6 is 11.8 Å². The molecule has 1 amide bonds. The summed E-state index contributed by atoms with van der Waals surface area (Å²) in [5.74, 6) is 0.121. The molecular weight excluding hydrogens is 410 g/mol. The van der Waals surface area contributed by atoms with E-state index < -0.39 is 0 Å². The van der Waals surface area contributed by atoms with Crippen molar-refractivity contribution in [2.75, 3.05) is 17.7 Å². The van der Waals surface area contributed by atoms with Crippen LogP contribution in [0.1, 0.15) is 30.5 Å². The van der Waals surface area contributed by atoms with Crippen molar-refractivity contribution >= 4 is 34.1 Å². The lowest BCUT2D eigenvalue weighted by molar-refractivity contribution is -0.113. The van der Waals surface area contributed by atoms with Gasteiger partial charge < -0.3 is 10.1 Å². The summed E-state index contributed by atoms with van der Waals surface area (Å²) < 4.78 is 7.53. The highest BCUT2D eigenvalue weighted by molar-refractivity contribution is 8.00. The Kier molecular flexibility index (Phi) is 5.78. The summed E-state index contributed by atoms with van der Waals surface area (Å²) >= 11 is 1.36. The molecule has 7 heteroatoms. The number of hydrogen-bond acceptors (Lipinski definition) is 5. The minimum Gasteiger partial charge on any atom is -0.376 e. The minimum atomic E-state index is -0.229. The Morgan fingerprint density at radius 3 is 2.90 bits per heavy atom. The molecule has 6 nitrogen and oxygen atoms in total. The lowest BCUT2D eigenvalue weighted by Crippen LogP contribution is -2.31. The normalized spacial score (nSPS) is 17.7. The highest BCUT2D eigenvalue weighted by atomic mass is 32.2. The van der Waals surface area contributed by atoms with E-state index in [0.29, 0.717) is 11.6 Å². The van der Waals surface area contributed by atoms with Crippen molar-refractivity contribution in [2.45, 2.75) is 49.8 Å². The summed E-state index contributed by atoms with van der Waals surface area (Å²) in [4.78, 5) is 29.8. The van der Waals surface area contributed by atoms with Gasteiger partial charge in [0.05, 0.1) is 18.4 Å². The Hall–Kier alpha value is -2.64. The van der Waals surface area contributed by atoms with E-state index in [2.05, 4.69) is 10.3 Å². The van der Waals surface area contributed by atoms with Crippen molar-refractivity contribution in [3.8, 4) is 0 Å². The van der Waals surface area contributed by atoms with Gasteiger partial charge in [-0.15, -0.1) is 0 Å². The fourth-order valence-corrected chi connectivity index (χ4v) is 5.42. The number of benzene rings is 2. The van der Waals surface area contributed by atoms with Gasteiger partial charge in [0.2, 0.25) is 5.91 Å². The molecule has 1 unspecified atom stereocenters. The first-order valence-corrected chi connectivity index (χ1v) is 11.8. The maximum Gasteiger partial charge on any atom is 0.348 e. The molecule has 2 heterocycles. The number of fused-ring (bicyclic) bond motifs is 2. The number of nitrogens with one attached hydrogen (secondary N) is 1. The number of ether oxygens (including phenoxy) is 1. The summed E-state index contributed by atoms with van der Waals surface area (Å²) in [5, 5.41) is 5.81. The molecule has 1 fully saturated rings. The van der Waals surface area contributed by atoms with Gasteiger partial charge in [-0.25, -0.2) is 4.79 Å². The van der Waals surface area contributed by atoms with E-state index in [1.165, 1.54) is 11.8 Å². The number of aromatic nitrogens is 2. The maximum atomic E-state index is 12.8. The molecule has 2 aromatic carbocycles. The Morgan fingerprint density at radius 2 is 2.03 bits per heavy atom. The van der Waals surface area contributed by atoms with Crippen LogP contribution in [0.15, 0.2) is 52.3 Å². The molecule has 1 aromatic heterocycles. The highest BCUT2D eigenvalue weighted by Crippen LogP contribution is 2.30. The predicted octanol–water partition coefficient (Wildman–Crippen LogP) is 3.80. The smallest absolute Gasteiger partial charge is 0.348 e. The van der Waals surface area contributed by atoms with Gasteiger partial charge in [-0.2, -0.15) is 4.98 Å². The molecule has 1 saturated heterocycles. The number of nitrogens with zero attached hydrogens (tertiary/aromatic N) is 2. The predicted molar refractivity (Wildman–Crippen MR) is 123 cm³/mol. The molecule has 0 spiro atoms. The van der Waals surface area contributed by atoms with E-state index in [4.69, 9.17) is 4.74 Å². The van der Waals surface area contributed by atoms with Crippen molar-refractivity contribution in [3.05, 3.63) is 64.2 Å². The van der Waals surface area contributed by atoms with Gasteiger partial charge in [0, 0.05) is 28.9 Å². The quantitative estimate of drug-likeness (QED) is 0.471. The third-order valence-corrected chi connectivity index (χ3v) is 7.03. The van der Waals surface area contributed by atoms with Gasteiger partial charge in [-0.05, 0) is 43.6 Å². The monoisotopic (exact) mass is 435 g/mol. The molecule has 5 rings (SSSR count). The maximum absolute atomic E-state index is 12.8. The average molecular weight is 436 g/mol. The summed E-state index contributed by atoms with van der Waals surface area (Å²) in [5.41, 5.74) is 2.77. The number of anilines is 1. The van der Waals surface area contributed by atoms with Crippen LogP contribution in [0, 0.1) is 0 Å². The van der Waals surface area contributed by atoms with E-state index in [9.17, 15) is 9.59 Å². The molecule has 1 N–H and O–H groups in total. The van der Waals surface area contributed by atoms with Crippen LogP contribution in [0.25, 0.3) is 10.8 Å². The van der Waals surface area contributed by atoms with Crippen molar-refractivity contribution < 1.29 is 9.53 Å². The number of hydrogen-bond donors (Lipinski definition) is 1. The molecule has 0 radical (unpaired) electrons. The van der Waals surface area contributed by atoms with Crippen LogP contribution in [0.4, 0.5) is 5.69 Å². The van der Waals surface area contributed by atoms with Crippen LogP contribution in [0.3, 0.4) is 0 Å². The fourth-order valence-electron chi connectivity index (χ4n) is 4.54. The molecular formula is C24H25N3O3S. The Morgan fingerprint density at radius 1 is 1.16 bits per heavy atom. The number of amides is 1. The SMILES string of the molecule is O=C(CSc1nc(=O)n(CC2CCCO2)c2c1CCC2)Nc1cccc2ccccc12. The zero-order valence-corrected chi connectivity index (χ0v) is 18.1. The van der Waals surface area contributed by atoms with Crippen LogP contribution in [-0.2, 0) is 28.9 Å². The fraction of sp³-hybridized carbons (Fsp3) is 0.375. The first-order chi connectivity index (χ1) is 15.2. The highest BCUT2D eigenvalue weighted by Gasteiger charge is 2.25. The first kappa shape index (κ1) is 20.3. The van der Waals surface area contributed by atoms with E-state index in [1.54, 1.807) is 4.57 Å². The zero-order valence-electron chi connectivity index (χ0n) is 17.3. The number of rotatable bonds is 6. The molecule has 1 aliphatic carbocycles. The van der Waals surface area contributed by atoms with Crippen molar-refractivity contribution in [1.29, 1.82) is 0 Å². The molecule has 3 aromatic rings. The number of thioether (sulfide) groups is 1. The molecule has 1 atom stereocenters. The second kappa shape index (κ2) is 8.85. The molecule has 0 saturated carbocycles. The minimum absolute atomic E-state index is 0.0987. The van der Waals surface area contributed by atoms with Gasteiger partial charge in [0.15, 0.2) is 0 Å². The third-order valence-electron chi connectivity index (χ3n) is 6.01. The topological polar surface area (TPSA) is 73.2 Å². The molecule has 31 heavy (non-hydrogen) atoms. The summed E-state index contributed by atoms with van der Waals surface area (Å²) in [6, 6.07) is 13.8. The molecule has 2 aliphatic rings. The first-order valence-electron chi connectivity index (χ1n) is 10.8. The number of carbonyl (C=O) groups excluding carboxylic acids is 1. The number of carbonyl (C=O) groups is 1. The van der Waals surface area contributed by atoms with Crippen molar-refractivity contribution in [3.63, 3.8) is 0 Å². The van der Waals surface area contributed by atoms with Crippen LogP contribution < -0.4 is 11.0 Å². The van der Waals surface area contributed by atoms with E-state index in [0.717, 1.165) is 66.4 Å². The van der Waals surface area contributed by atoms with Gasteiger partial charge in [0.25, 0.3) is 0 Å². The van der Waals surface area contributed by atoms with Crippen LogP contribution in [0.5, 0.6) is 0 Å². The van der Waals surface area contributed by atoms with Crippen LogP contribution in [-0.4, -0.2) is 33.9 Å². The Labute approximate surface area is 185 Å². The summed E-state index contributed by atoms with van der Waals surface area (Å²) in [6.45, 7) is 1.36. The summed E-state index contributed by atoms with van der Waals surface area (Å²) in [7, 11) is 0. The molecule has 0 bridgehead atoms. The van der Waals surface area contributed by atoms with Gasteiger partial charge in [-0.3, -0.25) is 9.36 Å². The van der Waals surface area contributed by atoms with Crippen molar-refractivity contribution in [1.82, 2.24) is 9.55 Å². The van der Waals surface area contributed by atoms with Crippen molar-refractivity contribution in [2.24, 2.45) is 0 Å². The average Bonchev–Trinajstić information content (AvgIpc) is 3.47. The van der Waals surface area contributed by atoms with E-state index >= 15 is 0 Å². The second-order valence-corrected chi connectivity index (χ2v) is 9.05. The second-order valence-electron chi connectivity index (χ2n) is 8.09. The van der Waals surface area contributed by atoms with Gasteiger partial charge in [0.1, 0.15) is 5.03 Å². The van der Waals surface area contributed by atoms with Gasteiger partial charge >= 0.3 is 5.69 Å². The van der Waals surface area contributed by atoms with E-state index in [1.807, 2.05) is 42.5 Å². The zero-order chi connectivity index (χ0) is 21.2. The van der Waals surface area contributed by atoms with Gasteiger partial charge in [-0.1, -0.05) is 48.2 Å². The largest absolute Gasteiger partial charge is 0.376 e. The molecule has 1 aliphatic heterocycles. The Bertz CT molecular complexity index is 1180. The lowest BCUT2D eigenvalue weighted by Gasteiger charge is -2.17. The third kappa shape index (κ3) is 4.25. The lowest BCUT2D eigenvalue weighted by atomic mass is 10.1. The standard InChI is InChI=1S/C24H25N3O3S/c28-22(25-20-11-3-7-16-6-1-2-9-18(16)20)15-31-23-19-10-4-12-21(19)27(24(29)26-23)14-17-8-5-13-30-17/h1-3,6-7,9,11,17H,4-5,8,10,12-15H2,(H,25,28). The summed E-state index contributed by atoms with van der Waals surface area (Å²) in [6.07, 6.45) is 4.95. The van der Waals surface area contributed by atoms with Crippen LogP contribution in [0.2, 0.25) is 0 Å². The van der Waals surface area contributed by atoms with E-state index in [-0.39, 0.29) is 23.5 Å². The Balaban J connectivity index is 1.31.